The lowest BCUT2D eigenvalue weighted by Crippen LogP contribution is -2.16. The van der Waals surface area contributed by atoms with E-state index in [1.54, 1.807) is 0 Å². The largest absolute Gasteiger partial charge is 0.313 e. The Kier molecular flexibility index (Phi) is 4.19. The minimum atomic E-state index is 0.525. The van der Waals surface area contributed by atoms with E-state index in [9.17, 15) is 0 Å². The van der Waals surface area contributed by atoms with Gasteiger partial charge in [-0.1, -0.05) is 43.9 Å². The van der Waals surface area contributed by atoms with Crippen molar-refractivity contribution in [2.24, 2.45) is 5.92 Å². The molecule has 2 heteroatoms. The van der Waals surface area contributed by atoms with Gasteiger partial charge in [0, 0.05) is 10.7 Å². The zero-order valence-electron chi connectivity index (χ0n) is 11.7. The van der Waals surface area contributed by atoms with Crippen molar-refractivity contribution in [2.75, 3.05) is 7.05 Å². The van der Waals surface area contributed by atoms with Crippen molar-refractivity contribution in [1.29, 1.82) is 0 Å². The van der Waals surface area contributed by atoms with Crippen molar-refractivity contribution in [3.05, 3.63) is 35.2 Å². The maximum atomic E-state index is 3.53. The summed E-state index contributed by atoms with van der Waals surface area (Å²) in [5.74, 6) is 0.987. The lowest BCUT2D eigenvalue weighted by atomic mass is 9.95. The molecule has 1 nitrogen and oxygen atoms in total. The highest BCUT2D eigenvalue weighted by Gasteiger charge is 2.19. The van der Waals surface area contributed by atoms with Crippen LogP contribution in [0.3, 0.4) is 0 Å². The van der Waals surface area contributed by atoms with E-state index in [1.807, 2.05) is 11.3 Å². The molecule has 0 bridgehead atoms. The number of thiophene rings is 1. The fourth-order valence-electron chi connectivity index (χ4n) is 3.42. The monoisotopic (exact) mass is 273 g/mol. The molecule has 1 N–H and O–H groups in total. The van der Waals surface area contributed by atoms with Crippen molar-refractivity contribution >= 4 is 21.4 Å². The van der Waals surface area contributed by atoms with Gasteiger partial charge in [0.2, 0.25) is 0 Å². The third-order valence-electron chi connectivity index (χ3n) is 4.57. The van der Waals surface area contributed by atoms with Crippen LogP contribution in [0.5, 0.6) is 0 Å². The number of benzene rings is 1. The fourth-order valence-corrected chi connectivity index (χ4v) is 4.44. The Hall–Kier alpha value is -0.860. The average molecular weight is 273 g/mol. The molecular formula is C17H23NS. The maximum absolute atomic E-state index is 3.53. The minimum Gasteiger partial charge on any atom is -0.313 e. The fraction of sp³-hybridized carbons (Fsp3) is 0.529. The summed E-state index contributed by atoms with van der Waals surface area (Å²) in [6.07, 6.45) is 8.49. The molecule has 0 aliphatic heterocycles. The highest BCUT2D eigenvalue weighted by molar-refractivity contribution is 7.17. The molecule has 1 aromatic heterocycles. The molecular weight excluding hydrogens is 250 g/mol. The van der Waals surface area contributed by atoms with Gasteiger partial charge >= 0.3 is 0 Å². The summed E-state index contributed by atoms with van der Waals surface area (Å²) in [6, 6.07) is 9.31. The molecule has 1 aliphatic carbocycles. The number of fused-ring (bicyclic) bond motifs is 1. The molecule has 19 heavy (non-hydrogen) atoms. The van der Waals surface area contributed by atoms with Gasteiger partial charge in [0.1, 0.15) is 0 Å². The molecule has 1 heterocycles. The third kappa shape index (κ3) is 2.85. The van der Waals surface area contributed by atoms with E-state index in [1.165, 1.54) is 54.2 Å². The van der Waals surface area contributed by atoms with Crippen LogP contribution < -0.4 is 5.32 Å². The predicted molar refractivity (Wildman–Crippen MR) is 84.8 cm³/mol. The second-order valence-corrected chi connectivity index (χ2v) is 6.67. The van der Waals surface area contributed by atoms with Crippen LogP contribution in [0.2, 0.25) is 0 Å². The van der Waals surface area contributed by atoms with E-state index < -0.39 is 0 Å². The SMILES string of the molecule is CNC(CCC1CCCC1)c1csc2ccccc12. The smallest absolute Gasteiger partial charge is 0.0346 e. The van der Waals surface area contributed by atoms with Crippen LogP contribution in [0.25, 0.3) is 10.1 Å². The Labute approximate surface area is 120 Å². The number of hydrogen-bond donors (Lipinski definition) is 1. The zero-order chi connectivity index (χ0) is 13.1. The van der Waals surface area contributed by atoms with Gasteiger partial charge in [-0.15, -0.1) is 11.3 Å². The van der Waals surface area contributed by atoms with Gasteiger partial charge in [0.15, 0.2) is 0 Å². The molecule has 0 amide bonds. The van der Waals surface area contributed by atoms with Crippen molar-refractivity contribution in [1.82, 2.24) is 5.32 Å². The Morgan fingerprint density at radius 3 is 2.84 bits per heavy atom. The first-order valence-corrected chi connectivity index (χ1v) is 8.40. The Morgan fingerprint density at radius 1 is 1.26 bits per heavy atom. The number of hydrogen-bond acceptors (Lipinski definition) is 2. The summed E-state index contributed by atoms with van der Waals surface area (Å²) in [7, 11) is 2.10. The van der Waals surface area contributed by atoms with Crippen molar-refractivity contribution < 1.29 is 0 Å². The second kappa shape index (κ2) is 6.06. The molecule has 0 spiro atoms. The Morgan fingerprint density at radius 2 is 2.05 bits per heavy atom. The molecule has 2 aromatic rings. The van der Waals surface area contributed by atoms with E-state index in [0.717, 1.165) is 5.92 Å². The van der Waals surface area contributed by atoms with Gasteiger partial charge in [0.25, 0.3) is 0 Å². The van der Waals surface area contributed by atoms with Gasteiger partial charge in [-0.05, 0) is 48.2 Å². The molecule has 1 saturated carbocycles. The normalized spacial score (nSPS) is 18.2. The lowest BCUT2D eigenvalue weighted by Gasteiger charge is -2.18. The molecule has 1 atom stereocenters. The summed E-state index contributed by atoms with van der Waals surface area (Å²) in [6.45, 7) is 0. The number of nitrogens with one attached hydrogen (secondary N) is 1. The molecule has 3 rings (SSSR count). The summed E-state index contributed by atoms with van der Waals surface area (Å²) >= 11 is 1.88. The van der Waals surface area contributed by atoms with Crippen LogP contribution in [0.4, 0.5) is 0 Å². The molecule has 0 saturated heterocycles. The average Bonchev–Trinajstić information content (AvgIpc) is 3.09. The van der Waals surface area contributed by atoms with E-state index in [2.05, 4.69) is 42.0 Å². The summed E-state index contributed by atoms with van der Waals surface area (Å²) in [5.41, 5.74) is 1.50. The predicted octanol–water partition coefficient (Wildman–Crippen LogP) is 5.13. The molecule has 102 valence electrons. The van der Waals surface area contributed by atoms with Gasteiger partial charge in [-0.25, -0.2) is 0 Å². The molecule has 1 aromatic carbocycles. The van der Waals surface area contributed by atoms with Crippen molar-refractivity contribution in [3.8, 4) is 0 Å². The van der Waals surface area contributed by atoms with Gasteiger partial charge in [-0.2, -0.15) is 0 Å². The van der Waals surface area contributed by atoms with Gasteiger partial charge in [0.05, 0.1) is 0 Å². The van der Waals surface area contributed by atoms with Crippen molar-refractivity contribution in [3.63, 3.8) is 0 Å². The van der Waals surface area contributed by atoms with Crippen LogP contribution in [0.1, 0.15) is 50.1 Å². The molecule has 0 radical (unpaired) electrons. The number of rotatable bonds is 5. The third-order valence-corrected chi connectivity index (χ3v) is 5.55. The first-order chi connectivity index (χ1) is 9.38. The molecule has 1 unspecified atom stereocenters. The second-order valence-electron chi connectivity index (χ2n) is 5.76. The standard InChI is InChI=1S/C17H23NS/c1-18-16(11-10-13-6-2-3-7-13)15-12-19-17-9-5-4-8-14(15)17/h4-5,8-9,12-13,16,18H,2-3,6-7,10-11H2,1H3. The van der Waals surface area contributed by atoms with Crippen LogP contribution in [0, 0.1) is 5.92 Å². The van der Waals surface area contributed by atoms with Gasteiger partial charge < -0.3 is 5.32 Å². The van der Waals surface area contributed by atoms with Crippen LogP contribution in [0.15, 0.2) is 29.6 Å². The van der Waals surface area contributed by atoms with E-state index >= 15 is 0 Å². The van der Waals surface area contributed by atoms with Crippen LogP contribution >= 0.6 is 11.3 Å². The topological polar surface area (TPSA) is 12.0 Å². The van der Waals surface area contributed by atoms with E-state index in [0.29, 0.717) is 6.04 Å². The quantitative estimate of drug-likeness (QED) is 0.796. The van der Waals surface area contributed by atoms with Crippen LogP contribution in [-0.2, 0) is 0 Å². The zero-order valence-corrected chi connectivity index (χ0v) is 12.5. The lowest BCUT2D eigenvalue weighted by molar-refractivity contribution is 0.429. The first-order valence-electron chi connectivity index (χ1n) is 7.52. The van der Waals surface area contributed by atoms with E-state index in [4.69, 9.17) is 0 Å². The summed E-state index contributed by atoms with van der Waals surface area (Å²) in [4.78, 5) is 0. The Bertz CT molecular complexity index is 525. The highest BCUT2D eigenvalue weighted by Crippen LogP contribution is 2.35. The van der Waals surface area contributed by atoms with Gasteiger partial charge in [-0.3, -0.25) is 0 Å². The molecule has 1 aliphatic rings. The molecule has 1 fully saturated rings. The first kappa shape index (κ1) is 13.1. The highest BCUT2D eigenvalue weighted by atomic mass is 32.1. The Balaban J connectivity index is 1.73. The summed E-state index contributed by atoms with van der Waals surface area (Å²) in [5, 5.41) is 7.32. The summed E-state index contributed by atoms with van der Waals surface area (Å²) < 4.78 is 1.42. The minimum absolute atomic E-state index is 0.525. The maximum Gasteiger partial charge on any atom is 0.0346 e. The van der Waals surface area contributed by atoms with Crippen LogP contribution in [-0.4, -0.2) is 7.05 Å². The van der Waals surface area contributed by atoms with E-state index in [-0.39, 0.29) is 0 Å². The van der Waals surface area contributed by atoms with Crippen molar-refractivity contribution in [2.45, 2.75) is 44.6 Å².